The van der Waals surface area contributed by atoms with Gasteiger partial charge in [0.2, 0.25) is 5.78 Å². The van der Waals surface area contributed by atoms with Crippen LogP contribution in [0.2, 0.25) is 0 Å². The molecule has 0 saturated heterocycles. The Morgan fingerprint density at radius 3 is 2.11 bits per heavy atom. The maximum atomic E-state index is 12.6. The lowest BCUT2D eigenvalue weighted by atomic mass is 10.1. The summed E-state index contributed by atoms with van der Waals surface area (Å²) in [5.74, 6) is 0.694. The number of hydrogen-bond donors (Lipinski definition) is 0. The number of carbonyl (C=O) groups is 2. The van der Waals surface area contributed by atoms with Gasteiger partial charge >= 0.3 is 5.97 Å². The molecule has 0 bridgehead atoms. The van der Waals surface area contributed by atoms with Crippen LogP contribution in [0.15, 0.2) is 78.9 Å². The van der Waals surface area contributed by atoms with Crippen LogP contribution < -0.4 is 9.47 Å². The number of ketones is 1. The molecule has 0 saturated carbocycles. The van der Waals surface area contributed by atoms with Crippen molar-refractivity contribution in [2.45, 2.75) is 13.0 Å². The third kappa shape index (κ3) is 4.57. The number of esters is 1. The van der Waals surface area contributed by atoms with Gasteiger partial charge in [-0.3, -0.25) is 4.79 Å². The highest BCUT2D eigenvalue weighted by Crippen LogP contribution is 2.26. The summed E-state index contributed by atoms with van der Waals surface area (Å²) in [6, 6.07) is 22.5. The van der Waals surface area contributed by atoms with Crippen LogP contribution in [0.4, 0.5) is 0 Å². The van der Waals surface area contributed by atoms with Crippen LogP contribution >= 0.6 is 0 Å². The van der Waals surface area contributed by atoms with Gasteiger partial charge in [0.15, 0.2) is 6.10 Å². The zero-order valence-electron chi connectivity index (χ0n) is 15.6. The van der Waals surface area contributed by atoms with Crippen molar-refractivity contribution in [3.05, 3.63) is 90.0 Å². The SMILES string of the molecule is COc1ccc(C(=O)[C@@H](C)OC(=O)c2ccccc2Oc2ccccc2)cc1. The van der Waals surface area contributed by atoms with Gasteiger partial charge in [-0.15, -0.1) is 0 Å². The summed E-state index contributed by atoms with van der Waals surface area (Å²) in [6.07, 6.45) is -0.939. The van der Waals surface area contributed by atoms with E-state index in [1.807, 2.05) is 18.2 Å². The fourth-order valence-corrected chi connectivity index (χ4v) is 2.61. The van der Waals surface area contributed by atoms with Gasteiger partial charge in [-0.1, -0.05) is 30.3 Å². The molecule has 0 aromatic heterocycles. The Labute approximate surface area is 163 Å². The highest BCUT2D eigenvalue weighted by atomic mass is 16.5. The summed E-state index contributed by atoms with van der Waals surface area (Å²) in [6.45, 7) is 1.55. The summed E-state index contributed by atoms with van der Waals surface area (Å²) in [4.78, 5) is 25.2. The van der Waals surface area contributed by atoms with E-state index >= 15 is 0 Å². The van der Waals surface area contributed by atoms with E-state index in [2.05, 4.69) is 0 Å². The number of para-hydroxylation sites is 2. The number of ether oxygens (including phenoxy) is 3. The first-order valence-electron chi connectivity index (χ1n) is 8.79. The van der Waals surface area contributed by atoms with E-state index in [0.717, 1.165) is 0 Å². The largest absolute Gasteiger partial charge is 0.497 e. The Balaban J connectivity index is 1.72. The van der Waals surface area contributed by atoms with Crippen LogP contribution in [0, 0.1) is 0 Å². The molecule has 5 heteroatoms. The molecule has 5 nitrogen and oxygen atoms in total. The Morgan fingerprint density at radius 1 is 0.786 bits per heavy atom. The summed E-state index contributed by atoms with van der Waals surface area (Å²) in [5, 5.41) is 0. The maximum absolute atomic E-state index is 12.6. The molecule has 1 atom stereocenters. The highest BCUT2D eigenvalue weighted by Gasteiger charge is 2.22. The van der Waals surface area contributed by atoms with Crippen LogP contribution in [0.3, 0.4) is 0 Å². The lowest BCUT2D eigenvalue weighted by Crippen LogP contribution is -2.24. The molecule has 0 N–H and O–H groups in total. The lowest BCUT2D eigenvalue weighted by Gasteiger charge is -2.15. The van der Waals surface area contributed by atoms with Crippen LogP contribution in [0.25, 0.3) is 0 Å². The highest BCUT2D eigenvalue weighted by molar-refractivity contribution is 6.02. The van der Waals surface area contributed by atoms with Crippen molar-refractivity contribution in [3.8, 4) is 17.2 Å². The van der Waals surface area contributed by atoms with Crippen molar-refractivity contribution in [2.24, 2.45) is 0 Å². The van der Waals surface area contributed by atoms with Crippen LogP contribution in [0.5, 0.6) is 17.2 Å². The van der Waals surface area contributed by atoms with Crippen molar-refractivity contribution in [3.63, 3.8) is 0 Å². The standard InChI is InChI=1S/C23H20O5/c1-16(22(24)17-12-14-18(26-2)15-13-17)27-23(25)20-10-6-7-11-21(20)28-19-8-4-3-5-9-19/h3-16H,1-2H3/t16-/m1/s1. The maximum Gasteiger partial charge on any atom is 0.342 e. The average molecular weight is 376 g/mol. The fourth-order valence-electron chi connectivity index (χ4n) is 2.61. The molecule has 0 radical (unpaired) electrons. The number of benzene rings is 3. The van der Waals surface area contributed by atoms with E-state index < -0.39 is 12.1 Å². The summed E-state index contributed by atoms with van der Waals surface area (Å²) >= 11 is 0. The Bertz CT molecular complexity index is 948. The molecule has 28 heavy (non-hydrogen) atoms. The normalized spacial score (nSPS) is 11.4. The lowest BCUT2D eigenvalue weighted by molar-refractivity contribution is 0.0316. The summed E-state index contributed by atoms with van der Waals surface area (Å²) in [7, 11) is 1.55. The van der Waals surface area contributed by atoms with Crippen molar-refractivity contribution in [2.75, 3.05) is 7.11 Å². The number of methoxy groups -OCH3 is 1. The number of carbonyl (C=O) groups excluding carboxylic acids is 2. The molecule has 142 valence electrons. The van der Waals surface area contributed by atoms with Crippen molar-refractivity contribution in [1.82, 2.24) is 0 Å². The smallest absolute Gasteiger partial charge is 0.342 e. The van der Waals surface area contributed by atoms with E-state index in [1.165, 1.54) is 0 Å². The molecular formula is C23H20O5. The van der Waals surface area contributed by atoms with Gasteiger partial charge in [0.05, 0.1) is 7.11 Å². The molecular weight excluding hydrogens is 356 g/mol. The predicted octanol–water partition coefficient (Wildman–Crippen LogP) is 4.92. The van der Waals surface area contributed by atoms with Gasteiger partial charge in [-0.2, -0.15) is 0 Å². The van der Waals surface area contributed by atoms with E-state index in [-0.39, 0.29) is 11.3 Å². The van der Waals surface area contributed by atoms with Gasteiger partial charge in [-0.05, 0) is 55.5 Å². The molecule has 0 heterocycles. The fraction of sp³-hybridized carbons (Fsp3) is 0.130. The second kappa shape index (κ2) is 8.86. The minimum absolute atomic E-state index is 0.251. The van der Waals surface area contributed by atoms with Gasteiger partial charge < -0.3 is 14.2 Å². The molecule has 0 amide bonds. The minimum atomic E-state index is -0.939. The number of rotatable bonds is 7. The van der Waals surface area contributed by atoms with Gasteiger partial charge in [-0.25, -0.2) is 4.79 Å². The second-order valence-electron chi connectivity index (χ2n) is 6.05. The van der Waals surface area contributed by atoms with E-state index in [4.69, 9.17) is 14.2 Å². The predicted molar refractivity (Wildman–Crippen MR) is 105 cm³/mol. The van der Waals surface area contributed by atoms with Crippen LogP contribution in [-0.4, -0.2) is 25.0 Å². The van der Waals surface area contributed by atoms with E-state index in [9.17, 15) is 9.59 Å². The minimum Gasteiger partial charge on any atom is -0.497 e. The zero-order chi connectivity index (χ0) is 19.9. The van der Waals surface area contributed by atoms with Crippen LogP contribution in [-0.2, 0) is 4.74 Å². The number of hydrogen-bond acceptors (Lipinski definition) is 5. The van der Waals surface area contributed by atoms with Gasteiger partial charge in [0, 0.05) is 5.56 Å². The van der Waals surface area contributed by atoms with Crippen molar-refractivity contribution < 1.29 is 23.8 Å². The first-order chi connectivity index (χ1) is 13.6. The van der Waals surface area contributed by atoms with E-state index in [1.54, 1.807) is 74.7 Å². The first-order valence-corrected chi connectivity index (χ1v) is 8.79. The number of Topliss-reactive ketones (excluding diaryl/α,β-unsaturated/α-hetero) is 1. The molecule has 0 aliphatic heterocycles. The van der Waals surface area contributed by atoms with Crippen molar-refractivity contribution >= 4 is 11.8 Å². The third-order valence-electron chi connectivity index (χ3n) is 4.11. The summed E-state index contributed by atoms with van der Waals surface area (Å²) < 4.78 is 16.3. The molecule has 0 unspecified atom stereocenters. The Kier molecular flexibility index (Phi) is 6.07. The first kappa shape index (κ1) is 19.2. The molecule has 0 fully saturated rings. The molecule has 0 aliphatic rings. The zero-order valence-corrected chi connectivity index (χ0v) is 15.6. The topological polar surface area (TPSA) is 61.8 Å². The monoisotopic (exact) mass is 376 g/mol. The average Bonchev–Trinajstić information content (AvgIpc) is 2.74. The second-order valence-corrected chi connectivity index (χ2v) is 6.05. The van der Waals surface area contributed by atoms with Gasteiger partial charge in [0.25, 0.3) is 0 Å². The van der Waals surface area contributed by atoms with E-state index in [0.29, 0.717) is 22.8 Å². The molecule has 3 aromatic rings. The Hall–Kier alpha value is -3.60. The molecule has 3 aromatic carbocycles. The Morgan fingerprint density at radius 2 is 1.43 bits per heavy atom. The van der Waals surface area contributed by atoms with Crippen molar-refractivity contribution in [1.29, 1.82) is 0 Å². The molecule has 3 rings (SSSR count). The third-order valence-corrected chi connectivity index (χ3v) is 4.11. The van der Waals surface area contributed by atoms with Crippen LogP contribution in [0.1, 0.15) is 27.6 Å². The molecule has 0 aliphatic carbocycles. The quantitative estimate of drug-likeness (QED) is 0.433. The van der Waals surface area contributed by atoms with Gasteiger partial charge in [0.1, 0.15) is 22.8 Å². The summed E-state index contributed by atoms with van der Waals surface area (Å²) in [5.41, 5.74) is 0.690. The molecule has 0 spiro atoms.